The predicted molar refractivity (Wildman–Crippen MR) is 72.6 cm³/mol. The standard InChI is InChI=1S/C13H16BrNO3/c1-2-18-12(16)13(7-8-17-9-13)15-11-5-3-10(14)4-6-11/h3-6,15H,2,7-9H2,1H3. The Morgan fingerprint density at radius 3 is 2.78 bits per heavy atom. The molecule has 0 bridgehead atoms. The lowest BCUT2D eigenvalue weighted by Crippen LogP contribution is -2.48. The third-order valence-corrected chi connectivity index (χ3v) is 3.44. The zero-order valence-corrected chi connectivity index (χ0v) is 11.8. The smallest absolute Gasteiger partial charge is 0.334 e. The fourth-order valence-corrected chi connectivity index (χ4v) is 2.22. The fourth-order valence-electron chi connectivity index (χ4n) is 1.95. The molecule has 0 spiro atoms. The average molecular weight is 314 g/mol. The van der Waals surface area contributed by atoms with Crippen LogP contribution in [0.5, 0.6) is 0 Å². The van der Waals surface area contributed by atoms with Crippen molar-refractivity contribution < 1.29 is 14.3 Å². The van der Waals surface area contributed by atoms with Gasteiger partial charge in [-0.1, -0.05) is 15.9 Å². The number of anilines is 1. The highest BCUT2D eigenvalue weighted by molar-refractivity contribution is 9.10. The summed E-state index contributed by atoms with van der Waals surface area (Å²) in [5.41, 5.74) is 0.140. The third-order valence-electron chi connectivity index (χ3n) is 2.92. The van der Waals surface area contributed by atoms with Gasteiger partial charge in [0.05, 0.1) is 13.2 Å². The molecule has 0 amide bonds. The first-order chi connectivity index (χ1) is 8.66. The highest BCUT2D eigenvalue weighted by atomic mass is 79.9. The first kappa shape index (κ1) is 13.4. The Bertz CT molecular complexity index is 413. The molecule has 98 valence electrons. The molecule has 0 radical (unpaired) electrons. The molecule has 1 fully saturated rings. The molecular formula is C13H16BrNO3. The van der Waals surface area contributed by atoms with Crippen molar-refractivity contribution in [2.24, 2.45) is 0 Å². The van der Waals surface area contributed by atoms with E-state index in [0.29, 0.717) is 26.2 Å². The number of rotatable bonds is 4. The van der Waals surface area contributed by atoms with E-state index < -0.39 is 5.54 Å². The number of hydrogen-bond acceptors (Lipinski definition) is 4. The fraction of sp³-hybridized carbons (Fsp3) is 0.462. The van der Waals surface area contributed by atoms with Crippen LogP contribution in [-0.2, 0) is 14.3 Å². The molecule has 1 aromatic rings. The summed E-state index contributed by atoms with van der Waals surface area (Å²) in [5.74, 6) is -0.245. The van der Waals surface area contributed by atoms with Crippen LogP contribution in [0.15, 0.2) is 28.7 Å². The second kappa shape index (κ2) is 5.71. The Balaban J connectivity index is 2.15. The maximum Gasteiger partial charge on any atom is 0.334 e. The summed E-state index contributed by atoms with van der Waals surface area (Å²) in [7, 11) is 0. The lowest BCUT2D eigenvalue weighted by Gasteiger charge is -2.27. The lowest BCUT2D eigenvalue weighted by atomic mass is 9.98. The molecule has 1 aliphatic rings. The molecule has 1 unspecified atom stereocenters. The number of carbonyl (C=O) groups is 1. The number of hydrogen-bond donors (Lipinski definition) is 1. The van der Waals surface area contributed by atoms with Gasteiger partial charge in [0.25, 0.3) is 0 Å². The topological polar surface area (TPSA) is 47.6 Å². The van der Waals surface area contributed by atoms with Gasteiger partial charge < -0.3 is 14.8 Å². The summed E-state index contributed by atoms with van der Waals surface area (Å²) in [4.78, 5) is 12.1. The summed E-state index contributed by atoms with van der Waals surface area (Å²) in [6.07, 6.45) is 0.627. The lowest BCUT2D eigenvalue weighted by molar-refractivity contribution is -0.148. The largest absolute Gasteiger partial charge is 0.464 e. The van der Waals surface area contributed by atoms with Crippen molar-refractivity contribution in [2.75, 3.05) is 25.1 Å². The predicted octanol–water partition coefficient (Wildman–Crippen LogP) is 2.58. The molecular weight excluding hydrogens is 298 g/mol. The van der Waals surface area contributed by atoms with Gasteiger partial charge in [-0.2, -0.15) is 0 Å². The highest BCUT2D eigenvalue weighted by Gasteiger charge is 2.43. The number of ether oxygens (including phenoxy) is 2. The van der Waals surface area contributed by atoms with Gasteiger partial charge in [0.15, 0.2) is 5.54 Å². The van der Waals surface area contributed by atoms with Crippen molar-refractivity contribution in [1.82, 2.24) is 0 Å². The van der Waals surface area contributed by atoms with Crippen molar-refractivity contribution in [1.29, 1.82) is 0 Å². The Hall–Kier alpha value is -1.07. The van der Waals surface area contributed by atoms with Crippen LogP contribution in [0.3, 0.4) is 0 Å². The van der Waals surface area contributed by atoms with Crippen LogP contribution in [0.2, 0.25) is 0 Å². The maximum atomic E-state index is 12.1. The Morgan fingerprint density at radius 2 is 2.22 bits per heavy atom. The quantitative estimate of drug-likeness (QED) is 0.868. The summed E-state index contributed by atoms with van der Waals surface area (Å²) in [5, 5.41) is 3.25. The van der Waals surface area contributed by atoms with Crippen LogP contribution in [0.25, 0.3) is 0 Å². The van der Waals surface area contributed by atoms with E-state index >= 15 is 0 Å². The van der Waals surface area contributed by atoms with Crippen LogP contribution in [-0.4, -0.2) is 31.3 Å². The number of carbonyl (C=O) groups excluding carboxylic acids is 1. The van der Waals surface area contributed by atoms with Gasteiger partial charge >= 0.3 is 5.97 Å². The monoisotopic (exact) mass is 313 g/mol. The molecule has 4 nitrogen and oxygen atoms in total. The van der Waals surface area contributed by atoms with Gasteiger partial charge in [0.1, 0.15) is 0 Å². The maximum absolute atomic E-state index is 12.1. The zero-order valence-electron chi connectivity index (χ0n) is 10.2. The molecule has 1 saturated heterocycles. The van der Waals surface area contributed by atoms with Gasteiger partial charge in [-0.05, 0) is 31.2 Å². The Kier molecular flexibility index (Phi) is 4.24. The van der Waals surface area contributed by atoms with E-state index in [1.54, 1.807) is 6.92 Å². The highest BCUT2D eigenvalue weighted by Crippen LogP contribution is 2.26. The molecule has 1 aromatic carbocycles. The Morgan fingerprint density at radius 1 is 1.50 bits per heavy atom. The SMILES string of the molecule is CCOC(=O)C1(Nc2ccc(Br)cc2)CCOC1. The Labute approximate surface area is 115 Å². The summed E-state index contributed by atoms with van der Waals surface area (Å²) in [6, 6.07) is 7.70. The van der Waals surface area contributed by atoms with E-state index in [2.05, 4.69) is 21.2 Å². The number of halogens is 1. The molecule has 1 N–H and O–H groups in total. The molecule has 2 rings (SSSR count). The molecule has 1 aliphatic heterocycles. The van der Waals surface area contributed by atoms with E-state index in [0.717, 1.165) is 10.2 Å². The summed E-state index contributed by atoms with van der Waals surface area (Å²) < 4.78 is 11.5. The van der Waals surface area contributed by atoms with Crippen LogP contribution in [0.1, 0.15) is 13.3 Å². The summed E-state index contributed by atoms with van der Waals surface area (Å²) in [6.45, 7) is 3.11. The van der Waals surface area contributed by atoms with E-state index in [9.17, 15) is 4.79 Å². The van der Waals surface area contributed by atoms with Crippen molar-refractivity contribution in [3.05, 3.63) is 28.7 Å². The van der Waals surface area contributed by atoms with Crippen LogP contribution in [0.4, 0.5) is 5.69 Å². The first-order valence-electron chi connectivity index (χ1n) is 5.95. The van der Waals surface area contributed by atoms with E-state index in [4.69, 9.17) is 9.47 Å². The van der Waals surface area contributed by atoms with Crippen LogP contribution in [0, 0.1) is 0 Å². The van der Waals surface area contributed by atoms with Gasteiger partial charge in [-0.3, -0.25) is 0 Å². The van der Waals surface area contributed by atoms with E-state index in [1.165, 1.54) is 0 Å². The van der Waals surface area contributed by atoms with E-state index in [-0.39, 0.29) is 5.97 Å². The number of benzene rings is 1. The molecule has 18 heavy (non-hydrogen) atoms. The van der Waals surface area contributed by atoms with Crippen molar-refractivity contribution in [3.8, 4) is 0 Å². The summed E-state index contributed by atoms with van der Waals surface area (Å²) >= 11 is 3.38. The van der Waals surface area contributed by atoms with Gasteiger partial charge in [-0.25, -0.2) is 4.79 Å². The second-order valence-corrected chi connectivity index (χ2v) is 5.15. The minimum Gasteiger partial charge on any atom is -0.464 e. The minimum absolute atomic E-state index is 0.245. The first-order valence-corrected chi connectivity index (χ1v) is 6.74. The second-order valence-electron chi connectivity index (χ2n) is 4.24. The van der Waals surface area contributed by atoms with Crippen LogP contribution < -0.4 is 5.32 Å². The molecule has 0 aromatic heterocycles. The molecule has 0 saturated carbocycles. The molecule has 1 atom stereocenters. The van der Waals surface area contributed by atoms with Gasteiger partial charge in [-0.15, -0.1) is 0 Å². The number of esters is 1. The van der Waals surface area contributed by atoms with Gasteiger partial charge in [0, 0.05) is 23.2 Å². The van der Waals surface area contributed by atoms with E-state index in [1.807, 2.05) is 24.3 Å². The minimum atomic E-state index is -0.746. The van der Waals surface area contributed by atoms with Crippen molar-refractivity contribution in [3.63, 3.8) is 0 Å². The third kappa shape index (κ3) is 2.84. The zero-order chi connectivity index (χ0) is 13.0. The molecule has 1 heterocycles. The number of nitrogens with one attached hydrogen (secondary N) is 1. The normalized spacial score (nSPS) is 22.8. The van der Waals surface area contributed by atoms with Crippen molar-refractivity contribution in [2.45, 2.75) is 18.9 Å². The molecule has 0 aliphatic carbocycles. The van der Waals surface area contributed by atoms with Gasteiger partial charge in [0.2, 0.25) is 0 Å². The average Bonchev–Trinajstić information content (AvgIpc) is 2.82. The van der Waals surface area contributed by atoms with Crippen LogP contribution >= 0.6 is 15.9 Å². The van der Waals surface area contributed by atoms with Crippen molar-refractivity contribution >= 4 is 27.6 Å². The molecule has 5 heteroatoms.